The van der Waals surface area contributed by atoms with Crippen molar-refractivity contribution < 1.29 is 5.11 Å². The van der Waals surface area contributed by atoms with Crippen LogP contribution in [0.15, 0.2) is 24.3 Å². The molecular weight excluding hydrogens is 396 g/mol. The molecule has 0 aliphatic rings. The van der Waals surface area contributed by atoms with E-state index in [1.165, 1.54) is 18.6 Å². The highest BCUT2D eigenvalue weighted by atomic mass is 32.2. The lowest BCUT2D eigenvalue weighted by atomic mass is 9.88. The van der Waals surface area contributed by atoms with Gasteiger partial charge in [-0.2, -0.15) is 11.8 Å². The van der Waals surface area contributed by atoms with Crippen LogP contribution in [-0.2, 0) is 0 Å². The molecule has 0 aromatic heterocycles. The molecule has 0 radical (unpaired) electrons. The van der Waals surface area contributed by atoms with Crippen molar-refractivity contribution in [3.63, 3.8) is 0 Å². The summed E-state index contributed by atoms with van der Waals surface area (Å²) < 4.78 is -0.409. The number of aryl methyl sites for hydroxylation is 1. The van der Waals surface area contributed by atoms with Gasteiger partial charge in [0, 0.05) is 11.5 Å². The number of benzene rings is 1. The van der Waals surface area contributed by atoms with Gasteiger partial charge in [-0.05, 0) is 36.6 Å². The van der Waals surface area contributed by atoms with Crippen LogP contribution in [0, 0.1) is 18.4 Å². The molecule has 0 heterocycles. The number of hydrogen-bond acceptors (Lipinski definition) is 3. The van der Waals surface area contributed by atoms with Gasteiger partial charge in [0.1, 0.15) is 18.9 Å². The number of thioether (sulfide) groups is 2. The summed E-state index contributed by atoms with van der Waals surface area (Å²) in [4.78, 5) is 0. The number of aliphatic hydroxyl groups excluding tert-OH is 1. The second-order valence-electron chi connectivity index (χ2n) is 8.57. The Balaban J connectivity index is 3.15. The predicted octanol–water partition coefficient (Wildman–Crippen LogP) is 7.10. The standard InChI is InChI=1S/C24H40OS2Si/c1-7-9-15-24(16-20-28(4,5)6,27-19-18-26-17-10-8-2)23(25)22-14-12-11-13-21(22)3/h11-14,23,25H,7-10,15,17-19H2,1-6H3. The minimum Gasteiger partial charge on any atom is -0.386 e. The molecule has 4 heteroatoms. The SMILES string of the molecule is CCCCSCCSC(C#C[Si](C)(C)C)(CCCC)C(O)c1ccccc1C. The largest absolute Gasteiger partial charge is 0.386 e. The summed E-state index contributed by atoms with van der Waals surface area (Å²) in [6.07, 6.45) is 5.17. The first-order valence-corrected chi connectivity index (χ1v) is 16.4. The Kier molecular flexibility index (Phi) is 12.0. The molecule has 158 valence electrons. The number of hydrogen-bond donors (Lipinski definition) is 1. The van der Waals surface area contributed by atoms with E-state index in [1.807, 2.05) is 35.7 Å². The van der Waals surface area contributed by atoms with Gasteiger partial charge < -0.3 is 5.11 Å². The maximum Gasteiger partial charge on any atom is 0.129 e. The van der Waals surface area contributed by atoms with Crippen molar-refractivity contribution in [2.75, 3.05) is 17.3 Å². The van der Waals surface area contributed by atoms with E-state index in [9.17, 15) is 5.11 Å². The fraction of sp³-hybridized carbons (Fsp3) is 0.667. The first-order chi connectivity index (χ1) is 13.3. The molecule has 1 rings (SSSR count). The third-order valence-electron chi connectivity index (χ3n) is 4.71. The Morgan fingerprint density at radius 1 is 1.04 bits per heavy atom. The molecular formula is C24H40OS2Si. The summed E-state index contributed by atoms with van der Waals surface area (Å²) in [7, 11) is -1.52. The number of unbranched alkanes of at least 4 members (excludes halogenated alkanes) is 2. The Morgan fingerprint density at radius 2 is 1.71 bits per heavy atom. The van der Waals surface area contributed by atoms with Crippen molar-refractivity contribution in [2.45, 2.75) is 83.4 Å². The first kappa shape index (κ1) is 25.7. The molecule has 0 spiro atoms. The molecule has 0 saturated heterocycles. The average Bonchev–Trinajstić information content (AvgIpc) is 2.65. The molecule has 28 heavy (non-hydrogen) atoms. The Labute approximate surface area is 183 Å². The molecule has 1 aromatic rings. The molecule has 1 nitrogen and oxygen atoms in total. The van der Waals surface area contributed by atoms with E-state index in [-0.39, 0.29) is 0 Å². The van der Waals surface area contributed by atoms with Crippen LogP contribution in [0.3, 0.4) is 0 Å². The van der Waals surface area contributed by atoms with Crippen LogP contribution in [0.5, 0.6) is 0 Å². The third-order valence-corrected chi connectivity index (χ3v) is 8.36. The molecule has 1 N–H and O–H groups in total. The number of rotatable bonds is 12. The van der Waals surface area contributed by atoms with Gasteiger partial charge in [0.15, 0.2) is 0 Å². The molecule has 0 aliphatic heterocycles. The van der Waals surface area contributed by atoms with Crippen molar-refractivity contribution in [2.24, 2.45) is 0 Å². The molecule has 0 saturated carbocycles. The summed E-state index contributed by atoms with van der Waals surface area (Å²) in [6, 6.07) is 8.26. The summed E-state index contributed by atoms with van der Waals surface area (Å²) >= 11 is 3.93. The van der Waals surface area contributed by atoms with Crippen LogP contribution >= 0.6 is 23.5 Å². The highest BCUT2D eigenvalue weighted by Crippen LogP contribution is 2.43. The Hall–Kier alpha value is -0.343. The van der Waals surface area contributed by atoms with Crippen LogP contribution < -0.4 is 0 Å². The maximum absolute atomic E-state index is 11.6. The van der Waals surface area contributed by atoms with E-state index in [0.717, 1.165) is 41.9 Å². The lowest BCUT2D eigenvalue weighted by Gasteiger charge is -2.35. The van der Waals surface area contributed by atoms with Gasteiger partial charge in [0.05, 0.1) is 0 Å². The van der Waals surface area contributed by atoms with E-state index < -0.39 is 18.9 Å². The monoisotopic (exact) mass is 436 g/mol. The van der Waals surface area contributed by atoms with Crippen LogP contribution in [0.2, 0.25) is 19.6 Å². The minimum atomic E-state index is -1.52. The second-order valence-corrected chi connectivity index (χ2v) is 16.0. The van der Waals surface area contributed by atoms with Gasteiger partial charge in [0.25, 0.3) is 0 Å². The second kappa shape index (κ2) is 13.1. The predicted molar refractivity (Wildman–Crippen MR) is 134 cm³/mol. The smallest absolute Gasteiger partial charge is 0.129 e. The molecule has 2 unspecified atom stereocenters. The molecule has 0 aliphatic carbocycles. The summed E-state index contributed by atoms with van der Waals surface area (Å²) in [5.74, 6) is 7.06. The van der Waals surface area contributed by atoms with E-state index >= 15 is 0 Å². The van der Waals surface area contributed by atoms with Crippen molar-refractivity contribution in [1.82, 2.24) is 0 Å². The molecule has 2 atom stereocenters. The van der Waals surface area contributed by atoms with Gasteiger partial charge >= 0.3 is 0 Å². The van der Waals surface area contributed by atoms with Gasteiger partial charge in [-0.3, -0.25) is 0 Å². The van der Waals surface area contributed by atoms with Crippen molar-refractivity contribution in [1.29, 1.82) is 0 Å². The van der Waals surface area contributed by atoms with Crippen molar-refractivity contribution in [3.8, 4) is 11.5 Å². The quantitative estimate of drug-likeness (QED) is 0.214. The Bertz CT molecular complexity index is 629. The first-order valence-electron chi connectivity index (χ1n) is 10.8. The zero-order valence-corrected chi connectivity index (χ0v) is 21.4. The molecule has 0 amide bonds. The molecule has 0 bridgehead atoms. The summed E-state index contributed by atoms with van der Waals surface area (Å²) in [5.41, 5.74) is 5.80. The van der Waals surface area contributed by atoms with Gasteiger partial charge in [-0.25, -0.2) is 0 Å². The van der Waals surface area contributed by atoms with Gasteiger partial charge in [0.2, 0.25) is 0 Å². The van der Waals surface area contributed by atoms with Crippen LogP contribution in [-0.4, -0.2) is 35.2 Å². The van der Waals surface area contributed by atoms with E-state index in [4.69, 9.17) is 0 Å². The zero-order valence-electron chi connectivity index (χ0n) is 18.8. The topological polar surface area (TPSA) is 20.2 Å². The lowest BCUT2D eigenvalue weighted by Crippen LogP contribution is -2.34. The highest BCUT2D eigenvalue weighted by Gasteiger charge is 2.38. The molecule has 0 fully saturated rings. The van der Waals surface area contributed by atoms with E-state index in [0.29, 0.717) is 0 Å². The fourth-order valence-corrected chi connectivity index (χ4v) is 6.21. The van der Waals surface area contributed by atoms with E-state index in [2.05, 4.69) is 64.0 Å². The Morgan fingerprint density at radius 3 is 2.32 bits per heavy atom. The number of aliphatic hydroxyl groups is 1. The van der Waals surface area contributed by atoms with Crippen LogP contribution in [0.4, 0.5) is 0 Å². The van der Waals surface area contributed by atoms with Crippen molar-refractivity contribution in [3.05, 3.63) is 35.4 Å². The average molecular weight is 437 g/mol. The van der Waals surface area contributed by atoms with Crippen molar-refractivity contribution >= 4 is 31.6 Å². The maximum atomic E-state index is 11.6. The highest BCUT2D eigenvalue weighted by molar-refractivity contribution is 8.03. The normalized spacial score (nSPS) is 14.8. The fourth-order valence-electron chi connectivity index (χ4n) is 2.96. The summed E-state index contributed by atoms with van der Waals surface area (Å²) in [6.45, 7) is 13.4. The van der Waals surface area contributed by atoms with Crippen LogP contribution in [0.25, 0.3) is 0 Å². The van der Waals surface area contributed by atoms with Crippen LogP contribution in [0.1, 0.15) is 63.2 Å². The molecule has 1 aromatic carbocycles. The zero-order chi connectivity index (χ0) is 21.0. The summed E-state index contributed by atoms with van der Waals surface area (Å²) in [5, 5.41) is 11.6. The third kappa shape index (κ3) is 8.99. The van der Waals surface area contributed by atoms with Gasteiger partial charge in [-0.1, -0.05) is 82.9 Å². The van der Waals surface area contributed by atoms with Gasteiger partial charge in [-0.15, -0.1) is 17.3 Å². The van der Waals surface area contributed by atoms with E-state index in [1.54, 1.807) is 0 Å². The minimum absolute atomic E-state index is 0.409. The lowest BCUT2D eigenvalue weighted by molar-refractivity contribution is 0.146.